The van der Waals surface area contributed by atoms with Crippen molar-refractivity contribution in [1.82, 2.24) is 10.6 Å². The Bertz CT molecular complexity index is 1030. The molecule has 3 atom stereocenters. The van der Waals surface area contributed by atoms with Gasteiger partial charge in [0.1, 0.15) is 6.61 Å². The molecule has 7 heteroatoms. The van der Waals surface area contributed by atoms with Crippen LogP contribution in [-0.4, -0.2) is 42.3 Å². The fourth-order valence-electron chi connectivity index (χ4n) is 4.50. The highest BCUT2D eigenvalue weighted by molar-refractivity contribution is 5.81. The zero-order valence-corrected chi connectivity index (χ0v) is 18.5. The second kappa shape index (κ2) is 9.90. The number of fused-ring (bicyclic) bond motifs is 3. The molecule has 3 N–H and O–H groups in total. The second-order valence-electron chi connectivity index (χ2n) is 8.66. The SMILES string of the molecule is CC(CNC(=O)OCC1c2ccccc2-c2ccccc21)C(=O)N[C@H]1C=CC[C@H](C(=O)O)C1. The number of carbonyl (C=O) groups is 3. The van der Waals surface area contributed by atoms with Crippen LogP contribution in [0, 0.1) is 11.8 Å². The average Bonchev–Trinajstić information content (AvgIpc) is 3.15. The van der Waals surface area contributed by atoms with Gasteiger partial charge in [-0.25, -0.2) is 4.79 Å². The number of carboxylic acid groups (broad SMARTS) is 1. The Morgan fingerprint density at radius 3 is 2.33 bits per heavy atom. The number of carboxylic acids is 1. The Hall–Kier alpha value is -3.61. The molecule has 0 saturated heterocycles. The Kier molecular flexibility index (Phi) is 6.77. The van der Waals surface area contributed by atoms with Gasteiger partial charge >= 0.3 is 12.1 Å². The fourth-order valence-corrected chi connectivity index (χ4v) is 4.50. The molecule has 33 heavy (non-hydrogen) atoms. The summed E-state index contributed by atoms with van der Waals surface area (Å²) in [6.07, 6.45) is 3.88. The summed E-state index contributed by atoms with van der Waals surface area (Å²) in [5.41, 5.74) is 4.60. The Morgan fingerprint density at radius 2 is 1.70 bits per heavy atom. The van der Waals surface area contributed by atoms with Crippen molar-refractivity contribution in [3.8, 4) is 11.1 Å². The van der Waals surface area contributed by atoms with Crippen molar-refractivity contribution in [3.05, 3.63) is 71.8 Å². The number of carbonyl (C=O) groups excluding carboxylic acids is 2. The Balaban J connectivity index is 1.26. The quantitative estimate of drug-likeness (QED) is 0.561. The summed E-state index contributed by atoms with van der Waals surface area (Å²) >= 11 is 0. The first kappa shape index (κ1) is 22.6. The third-order valence-electron chi connectivity index (χ3n) is 6.35. The summed E-state index contributed by atoms with van der Waals surface area (Å²) in [4.78, 5) is 36.0. The molecule has 7 nitrogen and oxygen atoms in total. The van der Waals surface area contributed by atoms with Crippen molar-refractivity contribution in [1.29, 1.82) is 0 Å². The molecule has 2 aromatic rings. The number of amides is 2. The number of allylic oxidation sites excluding steroid dienone is 1. The van der Waals surface area contributed by atoms with Crippen LogP contribution in [0.15, 0.2) is 60.7 Å². The maximum atomic E-state index is 12.5. The van der Waals surface area contributed by atoms with E-state index in [4.69, 9.17) is 4.74 Å². The van der Waals surface area contributed by atoms with Crippen molar-refractivity contribution in [2.75, 3.05) is 13.2 Å². The van der Waals surface area contributed by atoms with Crippen molar-refractivity contribution >= 4 is 18.0 Å². The smallest absolute Gasteiger partial charge is 0.407 e. The van der Waals surface area contributed by atoms with E-state index in [1.807, 2.05) is 30.3 Å². The van der Waals surface area contributed by atoms with E-state index < -0.39 is 23.9 Å². The predicted molar refractivity (Wildman–Crippen MR) is 124 cm³/mol. The summed E-state index contributed by atoms with van der Waals surface area (Å²) < 4.78 is 5.50. The van der Waals surface area contributed by atoms with E-state index in [0.717, 1.165) is 22.3 Å². The first-order valence-electron chi connectivity index (χ1n) is 11.2. The second-order valence-corrected chi connectivity index (χ2v) is 8.66. The summed E-state index contributed by atoms with van der Waals surface area (Å²) in [5.74, 6) is -2.10. The zero-order chi connectivity index (χ0) is 23.4. The van der Waals surface area contributed by atoms with Gasteiger partial charge in [0, 0.05) is 18.5 Å². The Labute approximate surface area is 192 Å². The summed E-state index contributed by atoms with van der Waals surface area (Å²) in [7, 11) is 0. The molecule has 2 aromatic carbocycles. The fraction of sp³-hybridized carbons (Fsp3) is 0.346. The van der Waals surface area contributed by atoms with Crippen LogP contribution in [0.25, 0.3) is 11.1 Å². The van der Waals surface area contributed by atoms with E-state index in [0.29, 0.717) is 12.8 Å². The monoisotopic (exact) mass is 448 g/mol. The lowest BCUT2D eigenvalue weighted by Crippen LogP contribution is -2.43. The molecule has 2 aliphatic carbocycles. The first-order valence-corrected chi connectivity index (χ1v) is 11.2. The van der Waals surface area contributed by atoms with Crippen LogP contribution in [-0.2, 0) is 14.3 Å². The van der Waals surface area contributed by atoms with E-state index in [9.17, 15) is 19.5 Å². The first-order chi connectivity index (χ1) is 15.9. The van der Waals surface area contributed by atoms with Crippen molar-refractivity contribution in [2.24, 2.45) is 11.8 Å². The van der Waals surface area contributed by atoms with Gasteiger partial charge in [-0.1, -0.05) is 67.6 Å². The van der Waals surface area contributed by atoms with Crippen molar-refractivity contribution < 1.29 is 24.2 Å². The number of hydrogen-bond donors (Lipinski definition) is 3. The maximum Gasteiger partial charge on any atom is 0.407 e. The van der Waals surface area contributed by atoms with Gasteiger partial charge in [0.25, 0.3) is 0 Å². The van der Waals surface area contributed by atoms with Gasteiger partial charge in [-0.05, 0) is 35.1 Å². The lowest BCUT2D eigenvalue weighted by atomic mass is 9.91. The van der Waals surface area contributed by atoms with Crippen LogP contribution in [0.2, 0.25) is 0 Å². The number of rotatable bonds is 7. The Morgan fingerprint density at radius 1 is 1.06 bits per heavy atom. The van der Waals surface area contributed by atoms with Gasteiger partial charge in [-0.3, -0.25) is 9.59 Å². The largest absolute Gasteiger partial charge is 0.481 e. The standard InChI is InChI=1S/C26H28N2O5/c1-16(24(29)28-18-8-6-7-17(13-18)25(30)31)14-27-26(32)33-15-23-21-11-4-2-9-19(21)20-10-3-5-12-22(20)23/h2-6,8-12,16-18,23H,7,13-15H2,1H3,(H,27,32)(H,28,29)(H,30,31)/t16?,17-,18-/m0/s1. The van der Waals surface area contributed by atoms with Crippen molar-refractivity contribution in [2.45, 2.75) is 31.7 Å². The summed E-state index contributed by atoms with van der Waals surface area (Å²) in [6, 6.07) is 15.9. The molecular formula is C26H28N2O5. The lowest BCUT2D eigenvalue weighted by molar-refractivity contribution is -0.142. The number of benzene rings is 2. The van der Waals surface area contributed by atoms with Gasteiger partial charge in [0.15, 0.2) is 0 Å². The van der Waals surface area contributed by atoms with Gasteiger partial charge in [-0.15, -0.1) is 0 Å². The molecule has 0 radical (unpaired) electrons. The number of aliphatic carboxylic acids is 1. The van der Waals surface area contributed by atoms with Crippen LogP contribution < -0.4 is 10.6 Å². The number of nitrogens with one attached hydrogen (secondary N) is 2. The molecule has 0 saturated carbocycles. The highest BCUT2D eigenvalue weighted by Crippen LogP contribution is 2.44. The molecule has 172 valence electrons. The minimum atomic E-state index is -0.858. The molecular weight excluding hydrogens is 420 g/mol. The summed E-state index contributed by atoms with van der Waals surface area (Å²) in [6.45, 7) is 2.05. The van der Waals surface area contributed by atoms with Gasteiger partial charge < -0.3 is 20.5 Å². The third kappa shape index (κ3) is 5.08. The molecule has 4 rings (SSSR count). The lowest BCUT2D eigenvalue weighted by Gasteiger charge is -2.24. The molecule has 0 bridgehead atoms. The normalized spacial score (nSPS) is 19.8. The predicted octanol–water partition coefficient (Wildman–Crippen LogP) is 3.70. The molecule has 1 unspecified atom stereocenters. The highest BCUT2D eigenvalue weighted by Gasteiger charge is 2.29. The van der Waals surface area contributed by atoms with Crippen LogP contribution in [0.3, 0.4) is 0 Å². The third-order valence-corrected chi connectivity index (χ3v) is 6.35. The molecule has 2 aliphatic rings. The highest BCUT2D eigenvalue weighted by atomic mass is 16.5. The molecule has 0 spiro atoms. The van der Waals surface area contributed by atoms with E-state index in [1.54, 1.807) is 13.0 Å². The average molecular weight is 449 g/mol. The van der Waals surface area contributed by atoms with Gasteiger partial charge in [-0.2, -0.15) is 0 Å². The summed E-state index contributed by atoms with van der Waals surface area (Å²) in [5, 5.41) is 14.7. The maximum absolute atomic E-state index is 12.5. The van der Waals surface area contributed by atoms with Crippen LogP contribution in [0.5, 0.6) is 0 Å². The van der Waals surface area contributed by atoms with E-state index in [1.165, 1.54) is 0 Å². The molecule has 0 fully saturated rings. The van der Waals surface area contributed by atoms with E-state index in [2.05, 4.69) is 34.9 Å². The molecule has 0 aromatic heterocycles. The minimum Gasteiger partial charge on any atom is -0.481 e. The number of ether oxygens (including phenoxy) is 1. The minimum absolute atomic E-state index is 0.0239. The van der Waals surface area contributed by atoms with Crippen LogP contribution in [0.1, 0.15) is 36.8 Å². The van der Waals surface area contributed by atoms with Gasteiger partial charge in [0.2, 0.25) is 5.91 Å². The van der Waals surface area contributed by atoms with E-state index in [-0.39, 0.29) is 31.0 Å². The van der Waals surface area contributed by atoms with Crippen molar-refractivity contribution in [3.63, 3.8) is 0 Å². The van der Waals surface area contributed by atoms with Gasteiger partial charge in [0.05, 0.1) is 11.8 Å². The zero-order valence-electron chi connectivity index (χ0n) is 18.5. The molecule has 0 aliphatic heterocycles. The number of hydrogen-bond acceptors (Lipinski definition) is 4. The topological polar surface area (TPSA) is 105 Å². The number of alkyl carbamates (subject to hydrolysis) is 1. The molecule has 0 heterocycles. The van der Waals surface area contributed by atoms with Crippen LogP contribution >= 0.6 is 0 Å². The van der Waals surface area contributed by atoms with Crippen LogP contribution in [0.4, 0.5) is 4.79 Å². The van der Waals surface area contributed by atoms with E-state index >= 15 is 0 Å². The molecule has 2 amide bonds.